The number of hydrogen-bond acceptors (Lipinski definition) is 5. The molecule has 3 rings (SSSR count). The lowest BCUT2D eigenvalue weighted by molar-refractivity contribution is -0.141. The molecule has 1 fully saturated rings. The Kier molecular flexibility index (Phi) is 6.44. The van der Waals surface area contributed by atoms with Crippen molar-refractivity contribution in [1.82, 2.24) is 0 Å². The number of carbonyl (C=O) groups excluding carboxylic acids is 1. The summed E-state index contributed by atoms with van der Waals surface area (Å²) < 4.78 is 34.3. The lowest BCUT2D eigenvalue weighted by atomic mass is 9.93. The third kappa shape index (κ3) is 4.84. The molecule has 2 heterocycles. The van der Waals surface area contributed by atoms with Crippen molar-refractivity contribution in [3.05, 3.63) is 40.8 Å². The van der Waals surface area contributed by atoms with Crippen LogP contribution in [0.15, 0.2) is 24.3 Å². The van der Waals surface area contributed by atoms with Crippen LogP contribution in [0, 0.1) is 17.6 Å². The van der Waals surface area contributed by atoms with Gasteiger partial charge in [-0.05, 0) is 55.0 Å². The van der Waals surface area contributed by atoms with Crippen molar-refractivity contribution in [3.63, 3.8) is 0 Å². The minimum Gasteiger partial charge on any atom is -0.466 e. The van der Waals surface area contributed by atoms with Crippen LogP contribution in [0.5, 0.6) is 0 Å². The maximum atomic E-state index is 14.7. The number of aliphatic hydroxyl groups excluding tert-OH is 1. The van der Waals surface area contributed by atoms with Crippen LogP contribution in [0.4, 0.5) is 14.5 Å². The largest absolute Gasteiger partial charge is 0.466 e. The second kappa shape index (κ2) is 8.80. The summed E-state index contributed by atoms with van der Waals surface area (Å²) in [7, 11) is 0. The van der Waals surface area contributed by atoms with Gasteiger partial charge in [-0.3, -0.25) is 4.79 Å². The Hall–Kier alpha value is -1.99. The number of nitrogens with zero attached hydrogens (tertiary/aromatic N) is 1. The zero-order valence-electron chi connectivity index (χ0n) is 15.2. The quantitative estimate of drug-likeness (QED) is 0.739. The van der Waals surface area contributed by atoms with E-state index >= 15 is 0 Å². The first kappa shape index (κ1) is 19.8. The summed E-state index contributed by atoms with van der Waals surface area (Å²) in [6.07, 6.45) is 2.41. The molecule has 1 aliphatic rings. The molecule has 27 heavy (non-hydrogen) atoms. The Labute approximate surface area is 161 Å². The number of halogens is 2. The molecule has 1 aromatic heterocycles. The molecule has 0 bridgehead atoms. The van der Waals surface area contributed by atoms with Crippen molar-refractivity contribution >= 4 is 23.0 Å². The van der Waals surface area contributed by atoms with E-state index in [2.05, 4.69) is 0 Å². The minimum absolute atomic E-state index is 0.0242. The lowest BCUT2D eigenvalue weighted by Crippen LogP contribution is -2.35. The van der Waals surface area contributed by atoms with Gasteiger partial charge in [0.15, 0.2) is 0 Å². The van der Waals surface area contributed by atoms with Crippen LogP contribution < -0.4 is 4.90 Å². The van der Waals surface area contributed by atoms with Gasteiger partial charge < -0.3 is 14.7 Å². The first-order valence-corrected chi connectivity index (χ1v) is 9.87. The number of thiophene rings is 1. The van der Waals surface area contributed by atoms with Crippen molar-refractivity contribution in [2.75, 3.05) is 24.6 Å². The fraction of sp³-hybridized carbons (Fsp3) is 0.450. The van der Waals surface area contributed by atoms with E-state index in [0.717, 1.165) is 29.0 Å². The SMILES string of the molecule is CC(=O)OCCC1CCN(c2c(F)cc(-c3ccc(CO)s3)cc2F)CC1. The molecule has 0 radical (unpaired) electrons. The molecule has 1 N–H and O–H groups in total. The van der Waals surface area contributed by atoms with E-state index in [-0.39, 0.29) is 18.3 Å². The van der Waals surface area contributed by atoms with Crippen LogP contribution in [0.3, 0.4) is 0 Å². The standard InChI is InChI=1S/C20H23F2NO3S/c1-13(25)26-9-6-14-4-7-23(8-5-14)20-17(21)10-15(11-18(20)22)19-3-2-16(12-24)27-19/h2-3,10-11,14,24H,4-9,12H2,1H3. The molecule has 0 atom stereocenters. The molecule has 0 unspecified atom stereocenters. The van der Waals surface area contributed by atoms with Gasteiger partial charge >= 0.3 is 5.97 Å². The van der Waals surface area contributed by atoms with Gasteiger partial charge in [0.1, 0.15) is 17.3 Å². The Morgan fingerprint density at radius 2 is 1.93 bits per heavy atom. The van der Waals surface area contributed by atoms with E-state index in [1.54, 1.807) is 17.0 Å². The number of aliphatic hydroxyl groups is 1. The lowest BCUT2D eigenvalue weighted by Gasteiger charge is -2.34. The van der Waals surface area contributed by atoms with Crippen LogP contribution in [0.25, 0.3) is 10.4 Å². The summed E-state index contributed by atoms with van der Waals surface area (Å²) >= 11 is 1.32. The molecule has 0 amide bonds. The number of piperidine rings is 1. The Morgan fingerprint density at radius 3 is 2.48 bits per heavy atom. The van der Waals surface area contributed by atoms with E-state index in [4.69, 9.17) is 9.84 Å². The van der Waals surface area contributed by atoms with Crippen LogP contribution >= 0.6 is 11.3 Å². The summed E-state index contributed by atoms with van der Waals surface area (Å²) in [4.78, 5) is 14.1. The number of benzene rings is 1. The average molecular weight is 395 g/mol. The topological polar surface area (TPSA) is 49.8 Å². The second-order valence-electron chi connectivity index (χ2n) is 6.77. The molecule has 2 aromatic rings. The van der Waals surface area contributed by atoms with Crippen molar-refractivity contribution < 1.29 is 23.4 Å². The molecule has 0 saturated carbocycles. The van der Waals surface area contributed by atoms with Gasteiger partial charge in [0.25, 0.3) is 0 Å². The molecule has 1 aromatic carbocycles. The Morgan fingerprint density at radius 1 is 1.26 bits per heavy atom. The number of rotatable bonds is 6. The highest BCUT2D eigenvalue weighted by Gasteiger charge is 2.24. The first-order valence-electron chi connectivity index (χ1n) is 9.05. The molecule has 0 spiro atoms. The number of hydrogen-bond donors (Lipinski definition) is 1. The van der Waals surface area contributed by atoms with Crippen LogP contribution in [-0.4, -0.2) is 30.8 Å². The fourth-order valence-electron chi connectivity index (χ4n) is 3.44. The van der Waals surface area contributed by atoms with Gasteiger partial charge in [-0.15, -0.1) is 11.3 Å². The molecular weight excluding hydrogens is 372 g/mol. The monoisotopic (exact) mass is 395 g/mol. The zero-order chi connectivity index (χ0) is 19.4. The van der Waals surface area contributed by atoms with E-state index in [9.17, 15) is 13.6 Å². The highest BCUT2D eigenvalue weighted by atomic mass is 32.1. The molecule has 7 heteroatoms. The van der Waals surface area contributed by atoms with E-state index in [0.29, 0.717) is 31.2 Å². The first-order chi connectivity index (χ1) is 13.0. The number of esters is 1. The van der Waals surface area contributed by atoms with Gasteiger partial charge in [-0.1, -0.05) is 0 Å². The second-order valence-corrected chi connectivity index (χ2v) is 7.94. The third-order valence-electron chi connectivity index (χ3n) is 4.88. The normalized spacial score (nSPS) is 15.2. The minimum atomic E-state index is -0.567. The van der Waals surface area contributed by atoms with E-state index in [1.807, 2.05) is 0 Å². The van der Waals surface area contributed by atoms with Crippen LogP contribution in [-0.2, 0) is 16.1 Å². The number of ether oxygens (including phenoxy) is 1. The predicted octanol–water partition coefficient (Wildman–Crippen LogP) is 4.36. The van der Waals surface area contributed by atoms with Gasteiger partial charge in [0.05, 0.1) is 13.2 Å². The van der Waals surface area contributed by atoms with Gasteiger partial charge in [0.2, 0.25) is 0 Å². The van der Waals surface area contributed by atoms with Crippen molar-refractivity contribution in [2.45, 2.75) is 32.8 Å². The molecule has 146 valence electrons. The van der Waals surface area contributed by atoms with Crippen molar-refractivity contribution in [1.29, 1.82) is 0 Å². The zero-order valence-corrected chi connectivity index (χ0v) is 16.0. The van der Waals surface area contributed by atoms with Crippen LogP contribution in [0.2, 0.25) is 0 Å². The van der Waals surface area contributed by atoms with E-state index in [1.165, 1.54) is 30.4 Å². The smallest absolute Gasteiger partial charge is 0.302 e. The maximum absolute atomic E-state index is 14.7. The summed E-state index contributed by atoms with van der Waals surface area (Å²) in [5.41, 5.74) is 0.505. The molecule has 0 aliphatic carbocycles. The number of carbonyl (C=O) groups is 1. The molecular formula is C20H23F2NO3S. The molecule has 4 nitrogen and oxygen atoms in total. The van der Waals surface area contributed by atoms with Gasteiger partial charge in [-0.2, -0.15) is 0 Å². The highest BCUT2D eigenvalue weighted by Crippen LogP contribution is 2.35. The maximum Gasteiger partial charge on any atom is 0.302 e. The summed E-state index contributed by atoms with van der Waals surface area (Å²) in [6, 6.07) is 6.24. The third-order valence-corrected chi connectivity index (χ3v) is 6.00. The van der Waals surface area contributed by atoms with Crippen molar-refractivity contribution in [3.8, 4) is 10.4 Å². The fourth-order valence-corrected chi connectivity index (χ4v) is 4.30. The highest BCUT2D eigenvalue weighted by molar-refractivity contribution is 7.15. The Balaban J connectivity index is 1.66. The van der Waals surface area contributed by atoms with E-state index < -0.39 is 11.6 Å². The number of anilines is 1. The average Bonchev–Trinajstić information content (AvgIpc) is 3.11. The molecule has 1 aliphatic heterocycles. The van der Waals surface area contributed by atoms with Crippen LogP contribution in [0.1, 0.15) is 31.1 Å². The molecule has 1 saturated heterocycles. The summed E-state index contributed by atoms with van der Waals surface area (Å²) in [5.74, 6) is -1.02. The summed E-state index contributed by atoms with van der Waals surface area (Å²) in [5, 5.41) is 9.15. The predicted molar refractivity (Wildman–Crippen MR) is 102 cm³/mol. The Bertz CT molecular complexity index is 777. The van der Waals surface area contributed by atoms with Gasteiger partial charge in [0, 0.05) is 29.8 Å². The van der Waals surface area contributed by atoms with Gasteiger partial charge in [-0.25, -0.2) is 8.78 Å². The van der Waals surface area contributed by atoms with Crippen molar-refractivity contribution in [2.24, 2.45) is 5.92 Å². The summed E-state index contributed by atoms with van der Waals surface area (Å²) in [6.45, 7) is 2.85.